The molecule has 0 fully saturated rings. The van der Waals surface area contributed by atoms with Crippen molar-refractivity contribution in [2.75, 3.05) is 0 Å². The Kier molecular flexibility index (Phi) is 15.2. The summed E-state index contributed by atoms with van der Waals surface area (Å²) in [6.07, 6.45) is 24.2. The topological polar surface area (TPSA) is 25.3 Å². The molecule has 0 aliphatic carbocycles. The molecule has 2 aromatic carbocycles. The maximum absolute atomic E-state index is 11.8. The summed E-state index contributed by atoms with van der Waals surface area (Å²) in [6.45, 7) is 8.98. The summed E-state index contributed by atoms with van der Waals surface area (Å²) in [7, 11) is 0. The van der Waals surface area contributed by atoms with Gasteiger partial charge in [-0.25, -0.2) is 4.70 Å². The highest BCUT2D eigenvalue weighted by molar-refractivity contribution is 5.82. The quantitative estimate of drug-likeness (QED) is 0.108. The Labute approximate surface area is 252 Å². The Morgan fingerprint density at radius 2 is 0.878 bits per heavy atom. The molecule has 2 heteroatoms. The molecule has 0 bridgehead atoms. The first-order valence-corrected chi connectivity index (χ1v) is 17.3. The van der Waals surface area contributed by atoms with Gasteiger partial charge >= 0.3 is 0 Å². The van der Waals surface area contributed by atoms with Gasteiger partial charge in [-0.3, -0.25) is 0 Å². The first-order chi connectivity index (χ1) is 20.1. The van der Waals surface area contributed by atoms with E-state index in [1.54, 1.807) is 4.70 Å². The van der Waals surface area contributed by atoms with E-state index in [1.165, 1.54) is 106 Å². The Morgan fingerprint density at radius 3 is 1.29 bits per heavy atom. The zero-order chi connectivity index (χ0) is 29.3. The third-order valence-corrected chi connectivity index (χ3v) is 8.89. The summed E-state index contributed by atoms with van der Waals surface area (Å²) in [5, 5.41) is 0. The molecule has 41 heavy (non-hydrogen) atoms. The van der Waals surface area contributed by atoms with Crippen molar-refractivity contribution in [1.29, 1.82) is 0 Å². The van der Waals surface area contributed by atoms with Crippen LogP contribution in [0.5, 0.6) is 0 Å². The molecular formula is C39H58N2. The fourth-order valence-electron chi connectivity index (χ4n) is 6.34. The normalized spacial score (nSPS) is 13.6. The lowest BCUT2D eigenvalue weighted by Gasteiger charge is -2.11. The van der Waals surface area contributed by atoms with Crippen LogP contribution in [0.2, 0.25) is 0 Å². The van der Waals surface area contributed by atoms with Gasteiger partial charge in [0.2, 0.25) is 11.4 Å². The summed E-state index contributed by atoms with van der Waals surface area (Å²) in [6, 6.07) is 17.6. The predicted octanol–water partition coefficient (Wildman–Crippen LogP) is 12.7. The van der Waals surface area contributed by atoms with Gasteiger partial charge in [-0.05, 0) is 73.9 Å². The van der Waals surface area contributed by atoms with Crippen LogP contribution in [-0.2, 0) is 12.8 Å². The van der Waals surface area contributed by atoms with Crippen molar-refractivity contribution in [2.24, 2.45) is 0 Å². The number of aryl methyl sites for hydroxylation is 2. The van der Waals surface area contributed by atoms with Crippen LogP contribution in [0.4, 0.5) is 0 Å². The fraction of sp³-hybridized carbons (Fsp3) is 0.590. The highest BCUT2D eigenvalue weighted by Crippen LogP contribution is 2.44. The van der Waals surface area contributed by atoms with E-state index in [0.717, 1.165) is 61.0 Å². The van der Waals surface area contributed by atoms with Gasteiger partial charge in [0.05, 0.1) is 0 Å². The van der Waals surface area contributed by atoms with Gasteiger partial charge in [0.1, 0.15) is 0 Å². The summed E-state index contributed by atoms with van der Waals surface area (Å²) in [4.78, 5) is 0. The van der Waals surface area contributed by atoms with E-state index < -0.39 is 0 Å². The Bertz CT molecular complexity index is 1140. The monoisotopic (exact) mass is 554 g/mol. The lowest BCUT2D eigenvalue weighted by molar-refractivity contribution is -0.345. The second-order valence-corrected chi connectivity index (χ2v) is 12.2. The average molecular weight is 555 g/mol. The van der Waals surface area contributed by atoms with Crippen LogP contribution in [0.25, 0.3) is 16.9 Å². The first kappa shape index (κ1) is 33.0. The molecule has 224 valence electrons. The second-order valence-electron chi connectivity index (χ2n) is 12.2. The maximum Gasteiger partial charge on any atom is 0.211 e. The Morgan fingerprint density at radius 1 is 0.488 bits per heavy atom. The zero-order valence-corrected chi connectivity index (χ0v) is 26.9. The number of hydrogen-bond donors (Lipinski definition) is 0. The number of hydrogen-bond acceptors (Lipinski definition) is 0. The third-order valence-electron chi connectivity index (χ3n) is 8.89. The summed E-state index contributed by atoms with van der Waals surface area (Å²) < 4.78 is 1.55. The van der Waals surface area contributed by atoms with Crippen molar-refractivity contribution >= 4 is 11.4 Å². The lowest BCUT2D eigenvalue weighted by atomic mass is 9.91. The third kappa shape index (κ3) is 10.1. The minimum atomic E-state index is 1.00. The number of rotatable bonds is 21. The van der Waals surface area contributed by atoms with E-state index in [9.17, 15) is 5.53 Å². The van der Waals surface area contributed by atoms with E-state index in [0.29, 0.717) is 0 Å². The molecule has 0 N–H and O–H groups in total. The van der Waals surface area contributed by atoms with Crippen LogP contribution in [-0.4, -0.2) is 4.70 Å². The van der Waals surface area contributed by atoms with Crippen molar-refractivity contribution in [3.05, 3.63) is 87.5 Å². The summed E-state index contributed by atoms with van der Waals surface area (Å²) in [5.74, 6) is 0. The SMILES string of the molecule is CCCCCCCCCCCCCCCC1=C(c2cccc(CC)c2)[N+](=[N-])C(c2cccc(CC)c2)=C1CCCC. The lowest BCUT2D eigenvalue weighted by Crippen LogP contribution is -2.03. The molecule has 3 rings (SSSR count). The van der Waals surface area contributed by atoms with Crippen LogP contribution < -0.4 is 0 Å². The molecule has 1 aliphatic rings. The van der Waals surface area contributed by atoms with Crippen molar-refractivity contribution in [3.8, 4) is 0 Å². The number of nitrogens with zero attached hydrogens (tertiary/aromatic N) is 2. The molecule has 0 aromatic heterocycles. The Balaban J connectivity index is 1.70. The van der Waals surface area contributed by atoms with Gasteiger partial charge in [0.25, 0.3) is 0 Å². The van der Waals surface area contributed by atoms with Crippen molar-refractivity contribution < 1.29 is 4.70 Å². The van der Waals surface area contributed by atoms with Gasteiger partial charge < -0.3 is 5.53 Å². The molecule has 1 aliphatic heterocycles. The van der Waals surface area contributed by atoms with E-state index in [4.69, 9.17) is 0 Å². The molecule has 2 aromatic rings. The molecule has 2 nitrogen and oxygen atoms in total. The van der Waals surface area contributed by atoms with Crippen LogP contribution in [0.3, 0.4) is 0 Å². The standard InChI is InChI=1S/C39H58N2/c1-5-9-11-12-13-14-15-16-17-18-19-20-21-29-37-36(28-10-6-2)38(34-26-22-24-32(7-3)30-34)41(40)39(37)35-27-23-25-33(8-4)31-35/h22-27,30-31H,5-21,28-29H2,1-4H3. The van der Waals surface area contributed by atoms with Gasteiger partial charge in [0, 0.05) is 22.3 Å². The molecule has 1 heterocycles. The highest BCUT2D eigenvalue weighted by atomic mass is 15.2. The minimum Gasteiger partial charge on any atom is -0.493 e. The number of benzene rings is 2. The number of allylic oxidation sites excluding steroid dienone is 2. The van der Waals surface area contributed by atoms with Gasteiger partial charge in [-0.2, -0.15) is 0 Å². The minimum absolute atomic E-state index is 1.00. The van der Waals surface area contributed by atoms with Crippen LogP contribution in [0.15, 0.2) is 59.7 Å². The van der Waals surface area contributed by atoms with Crippen molar-refractivity contribution in [2.45, 2.75) is 150 Å². The zero-order valence-electron chi connectivity index (χ0n) is 26.9. The van der Waals surface area contributed by atoms with Crippen LogP contribution in [0, 0.1) is 0 Å². The van der Waals surface area contributed by atoms with Crippen LogP contribution >= 0.6 is 0 Å². The molecule has 0 spiro atoms. The first-order valence-electron chi connectivity index (χ1n) is 17.3. The molecule has 0 amide bonds. The summed E-state index contributed by atoms with van der Waals surface area (Å²) >= 11 is 0. The van der Waals surface area contributed by atoms with E-state index >= 15 is 0 Å². The van der Waals surface area contributed by atoms with E-state index in [1.807, 2.05) is 0 Å². The van der Waals surface area contributed by atoms with Gasteiger partial charge in [-0.1, -0.05) is 135 Å². The average Bonchev–Trinajstić information content (AvgIpc) is 3.28. The summed E-state index contributed by atoms with van der Waals surface area (Å²) in [5.41, 5.74) is 21.5. The van der Waals surface area contributed by atoms with Crippen molar-refractivity contribution in [1.82, 2.24) is 0 Å². The molecule has 0 saturated heterocycles. The number of unbranched alkanes of at least 4 members (excludes halogenated alkanes) is 13. The van der Waals surface area contributed by atoms with E-state index in [2.05, 4.69) is 76.2 Å². The van der Waals surface area contributed by atoms with Gasteiger partial charge in [-0.15, -0.1) is 0 Å². The van der Waals surface area contributed by atoms with Crippen molar-refractivity contribution in [3.63, 3.8) is 0 Å². The highest BCUT2D eigenvalue weighted by Gasteiger charge is 2.35. The molecule has 0 radical (unpaired) electrons. The smallest absolute Gasteiger partial charge is 0.211 e. The second kappa shape index (κ2) is 18.9. The largest absolute Gasteiger partial charge is 0.493 e. The molecular weight excluding hydrogens is 496 g/mol. The molecule has 0 atom stereocenters. The van der Waals surface area contributed by atoms with Crippen LogP contribution in [0.1, 0.15) is 159 Å². The predicted molar refractivity (Wildman–Crippen MR) is 179 cm³/mol. The fourth-order valence-corrected chi connectivity index (χ4v) is 6.34. The van der Waals surface area contributed by atoms with Gasteiger partial charge in [0.15, 0.2) is 0 Å². The maximum atomic E-state index is 11.8. The van der Waals surface area contributed by atoms with E-state index in [-0.39, 0.29) is 0 Å². The molecule has 0 unspecified atom stereocenters. The Hall–Kier alpha value is -2.48. The molecule has 0 saturated carbocycles.